The minimum atomic E-state index is -0.574. The molecule has 0 saturated carbocycles. The van der Waals surface area contributed by atoms with Gasteiger partial charge in [-0.1, -0.05) is 41.7 Å². The van der Waals surface area contributed by atoms with Gasteiger partial charge in [0.05, 0.1) is 23.1 Å². The fourth-order valence-corrected chi connectivity index (χ4v) is 5.90. The summed E-state index contributed by atoms with van der Waals surface area (Å²) in [7, 11) is 1.44. The van der Waals surface area contributed by atoms with Gasteiger partial charge in [0.1, 0.15) is 17.2 Å². The van der Waals surface area contributed by atoms with E-state index in [2.05, 4.69) is 20.9 Å². The van der Waals surface area contributed by atoms with Gasteiger partial charge in [-0.2, -0.15) is 0 Å². The standard InChI is InChI=1S/C33H28N4O5S2/c1-20-11-14-26-29(15-20)44-33(36-26)37-30(39)19-43-25-10-6-9-23(17-25)34-32(41)27(35-31(40)21-7-4-3-5-8-21)16-22-12-13-24(38)18-28(22)42-2/h3-18,38H,19H2,1-2H3,(H,34,41)(H,35,40)(H,36,37,39)/b27-16+. The Hall–Kier alpha value is -5.13. The molecule has 0 saturated heterocycles. The van der Waals surface area contributed by atoms with Gasteiger partial charge < -0.3 is 25.8 Å². The zero-order chi connectivity index (χ0) is 31.1. The summed E-state index contributed by atoms with van der Waals surface area (Å²) in [6.45, 7) is 2.01. The number of carbonyl (C=O) groups is 3. The molecule has 0 aliphatic carbocycles. The predicted octanol–water partition coefficient (Wildman–Crippen LogP) is 6.46. The summed E-state index contributed by atoms with van der Waals surface area (Å²) in [4.78, 5) is 44.3. The second-order valence-electron chi connectivity index (χ2n) is 9.61. The van der Waals surface area contributed by atoms with E-state index in [9.17, 15) is 19.5 Å². The molecule has 9 nitrogen and oxygen atoms in total. The number of fused-ring (bicyclic) bond motifs is 1. The highest BCUT2D eigenvalue weighted by Gasteiger charge is 2.17. The molecule has 3 amide bonds. The van der Waals surface area contributed by atoms with Crippen molar-refractivity contribution in [3.8, 4) is 11.5 Å². The van der Waals surface area contributed by atoms with E-state index >= 15 is 0 Å². The van der Waals surface area contributed by atoms with Crippen LogP contribution >= 0.6 is 23.1 Å². The van der Waals surface area contributed by atoms with Crippen LogP contribution < -0.4 is 20.7 Å². The molecule has 0 radical (unpaired) electrons. The van der Waals surface area contributed by atoms with E-state index in [1.165, 1.54) is 48.4 Å². The van der Waals surface area contributed by atoms with E-state index in [4.69, 9.17) is 4.74 Å². The number of nitrogens with zero attached hydrogens (tertiary/aromatic N) is 1. The molecular weight excluding hydrogens is 597 g/mol. The SMILES string of the molecule is COc1cc(O)ccc1/C=C(/NC(=O)c1ccccc1)C(=O)Nc1cccc(SCC(=O)Nc2nc3ccc(C)cc3s2)c1. The van der Waals surface area contributed by atoms with Crippen LogP contribution in [0.25, 0.3) is 16.3 Å². The summed E-state index contributed by atoms with van der Waals surface area (Å²) < 4.78 is 6.35. The molecule has 0 fully saturated rings. The lowest BCUT2D eigenvalue weighted by atomic mass is 10.1. The number of rotatable bonds is 10. The minimum absolute atomic E-state index is 0.00326. The van der Waals surface area contributed by atoms with Gasteiger partial charge in [-0.3, -0.25) is 14.4 Å². The molecular formula is C33H28N4O5S2. The molecule has 5 aromatic rings. The normalized spacial score (nSPS) is 11.2. The summed E-state index contributed by atoms with van der Waals surface area (Å²) in [5, 5.41) is 18.7. The zero-order valence-electron chi connectivity index (χ0n) is 23.8. The maximum absolute atomic E-state index is 13.5. The molecule has 1 heterocycles. The van der Waals surface area contributed by atoms with Crippen molar-refractivity contribution in [1.29, 1.82) is 0 Å². The Morgan fingerprint density at radius 2 is 1.77 bits per heavy atom. The number of carbonyl (C=O) groups excluding carboxylic acids is 3. The van der Waals surface area contributed by atoms with E-state index in [0.717, 1.165) is 20.7 Å². The van der Waals surface area contributed by atoms with E-state index in [0.29, 0.717) is 27.7 Å². The number of phenolic OH excluding ortho intramolecular Hbond substituents is 1. The number of phenols is 1. The Morgan fingerprint density at radius 3 is 2.57 bits per heavy atom. The summed E-state index contributed by atoms with van der Waals surface area (Å²) in [5.74, 6) is -0.778. The van der Waals surface area contributed by atoms with Crippen LogP contribution in [-0.4, -0.2) is 40.7 Å². The fourth-order valence-electron chi connectivity index (χ4n) is 4.17. The van der Waals surface area contributed by atoms with Crippen LogP contribution in [0.15, 0.2) is 102 Å². The molecule has 5 rings (SSSR count). The largest absolute Gasteiger partial charge is 0.508 e. The number of amides is 3. The van der Waals surface area contributed by atoms with Crippen molar-refractivity contribution in [2.45, 2.75) is 11.8 Å². The smallest absolute Gasteiger partial charge is 0.272 e. The van der Waals surface area contributed by atoms with Gasteiger partial charge in [-0.05, 0) is 73.2 Å². The molecule has 0 aliphatic rings. The van der Waals surface area contributed by atoms with Crippen LogP contribution in [0, 0.1) is 6.92 Å². The van der Waals surface area contributed by atoms with Crippen LogP contribution in [-0.2, 0) is 9.59 Å². The molecule has 0 spiro atoms. The number of ether oxygens (including phenoxy) is 1. The van der Waals surface area contributed by atoms with Crippen molar-refractivity contribution in [1.82, 2.24) is 10.3 Å². The van der Waals surface area contributed by atoms with Gasteiger partial charge in [0.2, 0.25) is 5.91 Å². The van der Waals surface area contributed by atoms with Crippen molar-refractivity contribution >= 4 is 67.9 Å². The topological polar surface area (TPSA) is 130 Å². The summed E-state index contributed by atoms with van der Waals surface area (Å²) >= 11 is 2.74. The Kier molecular flexibility index (Phi) is 9.58. The van der Waals surface area contributed by atoms with Crippen LogP contribution in [0.3, 0.4) is 0 Å². The number of benzene rings is 4. The van der Waals surface area contributed by atoms with E-state index in [-0.39, 0.29) is 23.1 Å². The summed E-state index contributed by atoms with van der Waals surface area (Å²) in [5.41, 5.74) is 3.25. The highest BCUT2D eigenvalue weighted by Crippen LogP contribution is 2.28. The maximum Gasteiger partial charge on any atom is 0.272 e. The lowest BCUT2D eigenvalue weighted by molar-refractivity contribution is -0.114. The van der Waals surface area contributed by atoms with Crippen LogP contribution in [0.5, 0.6) is 11.5 Å². The lowest BCUT2D eigenvalue weighted by Crippen LogP contribution is -2.30. The monoisotopic (exact) mass is 624 g/mol. The van der Waals surface area contributed by atoms with Gasteiger partial charge in [0.15, 0.2) is 5.13 Å². The summed E-state index contributed by atoms with van der Waals surface area (Å²) in [6, 6.07) is 26.0. The van der Waals surface area contributed by atoms with Gasteiger partial charge in [-0.25, -0.2) is 4.98 Å². The Bertz CT molecular complexity index is 1870. The third-order valence-corrected chi connectivity index (χ3v) is 8.23. The average Bonchev–Trinajstić information content (AvgIpc) is 3.42. The minimum Gasteiger partial charge on any atom is -0.508 e. The van der Waals surface area contributed by atoms with Gasteiger partial charge in [0, 0.05) is 27.8 Å². The van der Waals surface area contributed by atoms with Crippen molar-refractivity contribution in [2.75, 3.05) is 23.5 Å². The highest BCUT2D eigenvalue weighted by atomic mass is 32.2. The Labute approximate surface area is 262 Å². The van der Waals surface area contributed by atoms with Crippen molar-refractivity contribution in [3.63, 3.8) is 0 Å². The number of thiazole rings is 1. The number of anilines is 2. The Morgan fingerprint density at radius 1 is 0.955 bits per heavy atom. The summed E-state index contributed by atoms with van der Waals surface area (Å²) in [6.07, 6.45) is 1.47. The first-order chi connectivity index (χ1) is 21.3. The highest BCUT2D eigenvalue weighted by molar-refractivity contribution is 8.00. The molecule has 44 heavy (non-hydrogen) atoms. The third-order valence-electron chi connectivity index (χ3n) is 6.30. The van der Waals surface area contributed by atoms with Gasteiger partial charge in [0.25, 0.3) is 11.8 Å². The third kappa shape index (κ3) is 7.82. The average molecular weight is 625 g/mol. The molecule has 11 heteroatoms. The zero-order valence-corrected chi connectivity index (χ0v) is 25.4. The van der Waals surface area contributed by atoms with Crippen LogP contribution in [0.1, 0.15) is 21.5 Å². The number of aromatic hydroxyl groups is 1. The molecule has 0 aliphatic heterocycles. The molecule has 1 aromatic heterocycles. The lowest BCUT2D eigenvalue weighted by Gasteiger charge is -2.13. The number of methoxy groups -OCH3 is 1. The quantitative estimate of drug-likeness (QED) is 0.104. The second-order valence-corrected chi connectivity index (χ2v) is 11.7. The second kappa shape index (κ2) is 13.9. The molecule has 4 N–H and O–H groups in total. The van der Waals surface area contributed by atoms with E-state index in [1.54, 1.807) is 54.6 Å². The van der Waals surface area contributed by atoms with Crippen LogP contribution in [0.2, 0.25) is 0 Å². The first-order valence-corrected chi connectivity index (χ1v) is 15.2. The van der Waals surface area contributed by atoms with Crippen molar-refractivity contribution in [3.05, 3.63) is 113 Å². The number of thioether (sulfide) groups is 1. The maximum atomic E-state index is 13.5. The molecule has 0 bridgehead atoms. The van der Waals surface area contributed by atoms with Gasteiger partial charge >= 0.3 is 0 Å². The first-order valence-electron chi connectivity index (χ1n) is 13.4. The Balaban J connectivity index is 1.28. The molecule has 0 unspecified atom stereocenters. The number of aryl methyl sites for hydroxylation is 1. The van der Waals surface area contributed by atoms with Crippen molar-refractivity contribution < 1.29 is 24.2 Å². The first kappa shape index (κ1) is 30.3. The van der Waals surface area contributed by atoms with Gasteiger partial charge in [-0.15, -0.1) is 11.8 Å². The molecule has 222 valence electrons. The fraction of sp³-hybridized carbons (Fsp3) is 0.0909. The van der Waals surface area contributed by atoms with Crippen molar-refractivity contribution in [2.24, 2.45) is 0 Å². The number of hydrogen-bond acceptors (Lipinski definition) is 8. The number of hydrogen-bond donors (Lipinski definition) is 4. The van der Waals surface area contributed by atoms with Crippen LogP contribution in [0.4, 0.5) is 10.8 Å². The number of nitrogens with one attached hydrogen (secondary N) is 3. The molecule has 0 atom stereocenters. The molecule has 4 aromatic carbocycles. The number of aromatic nitrogens is 1. The van der Waals surface area contributed by atoms with E-state index < -0.39 is 11.8 Å². The predicted molar refractivity (Wildman–Crippen MR) is 175 cm³/mol. The van der Waals surface area contributed by atoms with E-state index in [1.807, 2.05) is 31.2 Å².